The van der Waals surface area contributed by atoms with Crippen molar-refractivity contribution < 1.29 is 13.2 Å². The summed E-state index contributed by atoms with van der Waals surface area (Å²) >= 11 is 0. The molecule has 0 saturated carbocycles. The Kier molecular flexibility index (Phi) is 12.5. The zero-order chi connectivity index (χ0) is 29.7. The lowest BCUT2D eigenvalue weighted by Crippen LogP contribution is -2.06. The first-order valence-electron chi connectivity index (χ1n) is 16.2. The molecule has 1 aliphatic rings. The minimum absolute atomic E-state index is 0.204. The van der Waals surface area contributed by atoms with E-state index in [1.807, 2.05) is 36.4 Å². The molecule has 0 bridgehead atoms. The fourth-order valence-electron chi connectivity index (χ4n) is 6.05. The largest absolute Gasteiger partial charge is 0.206 e. The summed E-state index contributed by atoms with van der Waals surface area (Å²) in [7, 11) is 0. The van der Waals surface area contributed by atoms with E-state index in [9.17, 15) is 8.78 Å². The first-order chi connectivity index (χ1) is 20.5. The van der Waals surface area contributed by atoms with Crippen LogP contribution in [0.3, 0.4) is 0 Å². The Hall–Kier alpha value is -3.07. The maximum Gasteiger partial charge on any atom is 0.166 e. The van der Waals surface area contributed by atoms with Gasteiger partial charge in [-0.3, -0.25) is 0 Å². The molecule has 42 heavy (non-hydrogen) atoms. The highest BCUT2D eigenvalue weighted by atomic mass is 19.2. The Morgan fingerprint density at radius 1 is 0.690 bits per heavy atom. The van der Waals surface area contributed by atoms with Gasteiger partial charge in [0.25, 0.3) is 0 Å². The highest BCUT2D eigenvalue weighted by Gasteiger charge is 2.18. The number of allylic oxidation sites excluding steroid dienone is 4. The van der Waals surface area contributed by atoms with E-state index >= 15 is 4.39 Å². The number of rotatable bonds is 15. The average molecular weight is 573 g/mol. The summed E-state index contributed by atoms with van der Waals surface area (Å²) < 4.78 is 44.9. The first-order valence-corrected chi connectivity index (χ1v) is 16.2. The Morgan fingerprint density at radius 2 is 1.38 bits per heavy atom. The van der Waals surface area contributed by atoms with Crippen LogP contribution in [-0.4, -0.2) is 0 Å². The van der Waals surface area contributed by atoms with Gasteiger partial charge >= 0.3 is 0 Å². The highest BCUT2D eigenvalue weighted by Crippen LogP contribution is 2.36. The molecule has 0 aliphatic heterocycles. The van der Waals surface area contributed by atoms with E-state index in [4.69, 9.17) is 0 Å². The molecular formula is C39H47F3. The lowest BCUT2D eigenvalue weighted by atomic mass is 9.83. The van der Waals surface area contributed by atoms with Crippen molar-refractivity contribution in [1.82, 2.24) is 0 Å². The molecule has 1 atom stereocenters. The van der Waals surface area contributed by atoms with E-state index in [0.29, 0.717) is 23.1 Å². The lowest BCUT2D eigenvalue weighted by Gasteiger charge is -2.22. The SMILES string of the molecule is CCCC=CCc1ccc(-c2ccc(-c3ccc(C4=CCC(CCCCCCCCC)CC4)c(F)c3)cc2)c(F)c1F. The van der Waals surface area contributed by atoms with E-state index in [0.717, 1.165) is 54.7 Å². The van der Waals surface area contributed by atoms with Gasteiger partial charge in [-0.1, -0.05) is 138 Å². The quantitative estimate of drug-likeness (QED) is 0.125. The van der Waals surface area contributed by atoms with E-state index in [-0.39, 0.29) is 11.4 Å². The molecule has 0 radical (unpaired) electrons. The number of halogens is 3. The molecule has 0 aromatic heterocycles. The maximum absolute atomic E-state index is 15.3. The molecule has 0 fully saturated rings. The van der Waals surface area contributed by atoms with Gasteiger partial charge in [-0.05, 0) is 71.9 Å². The number of hydrogen-bond acceptors (Lipinski definition) is 0. The van der Waals surface area contributed by atoms with Crippen LogP contribution in [0.25, 0.3) is 27.8 Å². The summed E-state index contributed by atoms with van der Waals surface area (Å²) in [6, 6.07) is 16.0. The van der Waals surface area contributed by atoms with Crippen molar-refractivity contribution in [3.05, 3.63) is 101 Å². The summed E-state index contributed by atoms with van der Waals surface area (Å²) in [5.74, 6) is -1.10. The van der Waals surface area contributed by atoms with Crippen LogP contribution in [0.4, 0.5) is 13.2 Å². The second-order valence-electron chi connectivity index (χ2n) is 11.9. The molecule has 4 rings (SSSR count). The smallest absolute Gasteiger partial charge is 0.166 e. The van der Waals surface area contributed by atoms with Gasteiger partial charge in [-0.2, -0.15) is 0 Å². The molecule has 3 aromatic carbocycles. The van der Waals surface area contributed by atoms with Crippen LogP contribution in [-0.2, 0) is 6.42 Å². The number of unbranched alkanes of at least 4 members (excludes halogenated alkanes) is 7. The molecule has 0 spiro atoms. The van der Waals surface area contributed by atoms with Gasteiger partial charge in [0.2, 0.25) is 0 Å². The Bertz CT molecular complexity index is 1330. The van der Waals surface area contributed by atoms with Crippen LogP contribution in [0.2, 0.25) is 0 Å². The fraction of sp³-hybridized carbons (Fsp3) is 0.436. The predicted molar refractivity (Wildman–Crippen MR) is 173 cm³/mol. The Labute approximate surface area is 251 Å². The second kappa shape index (κ2) is 16.5. The third-order valence-corrected chi connectivity index (χ3v) is 8.70. The van der Waals surface area contributed by atoms with Gasteiger partial charge in [-0.15, -0.1) is 0 Å². The van der Waals surface area contributed by atoms with Crippen molar-refractivity contribution in [2.45, 2.75) is 104 Å². The second-order valence-corrected chi connectivity index (χ2v) is 11.9. The van der Waals surface area contributed by atoms with E-state index < -0.39 is 11.6 Å². The zero-order valence-electron chi connectivity index (χ0n) is 25.5. The normalized spacial score (nSPS) is 15.4. The standard InChI is InChI=1S/C39H47F3/c1-3-5-7-9-10-11-12-14-29-16-18-31(19-17-29)35-26-25-34(28-37(35)40)30-20-22-32(23-21-30)36-27-24-33(38(41)39(36)42)15-13-8-6-4-2/h8,13,18,20-29H,3-7,9-12,14-17,19H2,1-2H3. The first kappa shape index (κ1) is 31.9. The number of hydrogen-bond donors (Lipinski definition) is 0. The topological polar surface area (TPSA) is 0 Å². The molecule has 224 valence electrons. The maximum atomic E-state index is 15.3. The van der Waals surface area contributed by atoms with Gasteiger partial charge in [0.15, 0.2) is 11.6 Å². The average Bonchev–Trinajstić information content (AvgIpc) is 3.01. The van der Waals surface area contributed by atoms with Crippen molar-refractivity contribution in [3.63, 3.8) is 0 Å². The van der Waals surface area contributed by atoms with Crippen LogP contribution in [0.1, 0.15) is 108 Å². The van der Waals surface area contributed by atoms with E-state index in [1.54, 1.807) is 30.3 Å². The minimum atomic E-state index is -0.829. The fourth-order valence-corrected chi connectivity index (χ4v) is 6.05. The minimum Gasteiger partial charge on any atom is -0.206 e. The van der Waals surface area contributed by atoms with E-state index in [1.165, 1.54) is 51.4 Å². The molecular weight excluding hydrogens is 525 g/mol. The zero-order valence-corrected chi connectivity index (χ0v) is 25.5. The third-order valence-electron chi connectivity index (χ3n) is 8.70. The summed E-state index contributed by atoms with van der Waals surface area (Å²) in [6.45, 7) is 4.34. The summed E-state index contributed by atoms with van der Waals surface area (Å²) in [5, 5.41) is 0. The molecule has 0 amide bonds. The molecule has 0 saturated heterocycles. The number of benzene rings is 3. The molecule has 0 nitrogen and oxygen atoms in total. The predicted octanol–water partition coefficient (Wildman–Crippen LogP) is 12.7. The van der Waals surface area contributed by atoms with Gasteiger partial charge in [-0.25, -0.2) is 13.2 Å². The van der Waals surface area contributed by atoms with Crippen LogP contribution < -0.4 is 0 Å². The van der Waals surface area contributed by atoms with Crippen LogP contribution in [0.5, 0.6) is 0 Å². The highest BCUT2D eigenvalue weighted by molar-refractivity contribution is 5.74. The molecule has 1 unspecified atom stereocenters. The van der Waals surface area contributed by atoms with Crippen molar-refractivity contribution in [3.8, 4) is 22.3 Å². The van der Waals surface area contributed by atoms with Crippen LogP contribution in [0.15, 0.2) is 72.8 Å². The molecule has 0 N–H and O–H groups in total. The summed E-state index contributed by atoms with van der Waals surface area (Å²) in [6.07, 6.45) is 22.3. The van der Waals surface area contributed by atoms with Crippen LogP contribution in [0, 0.1) is 23.4 Å². The molecule has 1 aliphatic carbocycles. The van der Waals surface area contributed by atoms with Gasteiger partial charge in [0.05, 0.1) is 0 Å². The monoisotopic (exact) mass is 572 g/mol. The summed E-state index contributed by atoms with van der Waals surface area (Å²) in [5.41, 5.74) is 4.62. The Balaban J connectivity index is 1.35. The third kappa shape index (κ3) is 8.72. The van der Waals surface area contributed by atoms with Crippen molar-refractivity contribution >= 4 is 5.57 Å². The summed E-state index contributed by atoms with van der Waals surface area (Å²) in [4.78, 5) is 0. The van der Waals surface area contributed by atoms with Crippen LogP contribution >= 0.6 is 0 Å². The van der Waals surface area contributed by atoms with Crippen molar-refractivity contribution in [2.24, 2.45) is 5.92 Å². The van der Waals surface area contributed by atoms with E-state index in [2.05, 4.69) is 19.9 Å². The van der Waals surface area contributed by atoms with Gasteiger partial charge in [0.1, 0.15) is 5.82 Å². The molecule has 3 aromatic rings. The lowest BCUT2D eigenvalue weighted by molar-refractivity contribution is 0.422. The van der Waals surface area contributed by atoms with Gasteiger partial charge < -0.3 is 0 Å². The Morgan fingerprint density at radius 3 is 2.07 bits per heavy atom. The van der Waals surface area contributed by atoms with Gasteiger partial charge in [0, 0.05) is 11.1 Å². The van der Waals surface area contributed by atoms with Crippen molar-refractivity contribution in [1.29, 1.82) is 0 Å². The molecule has 0 heterocycles. The van der Waals surface area contributed by atoms with Crippen molar-refractivity contribution in [2.75, 3.05) is 0 Å². The molecule has 3 heteroatoms.